The van der Waals surface area contributed by atoms with E-state index in [1.165, 1.54) is 27.8 Å². The van der Waals surface area contributed by atoms with Gasteiger partial charge >= 0.3 is 0 Å². The third kappa shape index (κ3) is 6.04. The highest BCUT2D eigenvalue weighted by Gasteiger charge is 2.27. The molecule has 9 nitrogen and oxygen atoms in total. The Morgan fingerprint density at radius 2 is 1.61 bits per heavy atom. The van der Waals surface area contributed by atoms with Crippen molar-refractivity contribution in [3.8, 4) is 5.75 Å². The first-order chi connectivity index (χ1) is 15.6. The fraction of sp³-hybridized carbons (Fsp3) is 0.409. The molecule has 180 valence electrons. The second kappa shape index (κ2) is 10.5. The normalized spacial score (nSPS) is 14.7. The maximum Gasteiger partial charge on any atom is 0.251 e. The zero-order valence-corrected chi connectivity index (χ0v) is 20.4. The number of amides is 1. The average molecular weight is 496 g/mol. The van der Waals surface area contributed by atoms with Crippen LogP contribution >= 0.6 is 0 Å². The van der Waals surface area contributed by atoms with Crippen LogP contribution < -0.4 is 14.4 Å². The number of ether oxygens (including phenoxy) is 1. The van der Waals surface area contributed by atoms with Gasteiger partial charge in [-0.2, -0.15) is 4.31 Å². The van der Waals surface area contributed by atoms with Crippen LogP contribution in [-0.2, 0) is 20.0 Å². The van der Waals surface area contributed by atoms with Gasteiger partial charge in [-0.3, -0.25) is 9.10 Å². The molecule has 0 unspecified atom stereocenters. The Kier molecular flexibility index (Phi) is 7.98. The van der Waals surface area contributed by atoms with Crippen molar-refractivity contribution in [1.82, 2.24) is 9.62 Å². The van der Waals surface area contributed by atoms with Crippen molar-refractivity contribution in [2.45, 2.75) is 24.7 Å². The summed E-state index contributed by atoms with van der Waals surface area (Å²) in [6.45, 7) is 3.13. The van der Waals surface area contributed by atoms with Crippen LogP contribution in [0.5, 0.6) is 5.75 Å². The molecule has 1 amide bonds. The summed E-state index contributed by atoms with van der Waals surface area (Å²) in [6.07, 6.45) is 1.77. The van der Waals surface area contributed by atoms with Crippen molar-refractivity contribution in [2.75, 3.05) is 43.3 Å². The summed E-state index contributed by atoms with van der Waals surface area (Å²) in [6, 6.07) is 12.5. The lowest BCUT2D eigenvalue weighted by atomic mass is 10.2. The van der Waals surface area contributed by atoms with E-state index in [4.69, 9.17) is 4.74 Å². The summed E-state index contributed by atoms with van der Waals surface area (Å²) >= 11 is 0. The number of nitrogens with zero attached hydrogens (tertiary/aromatic N) is 2. The van der Waals surface area contributed by atoms with Crippen molar-refractivity contribution in [2.24, 2.45) is 0 Å². The number of hydrogen-bond donors (Lipinski definition) is 1. The Balaban J connectivity index is 1.47. The molecule has 1 saturated heterocycles. The second-order valence-corrected chi connectivity index (χ2v) is 11.8. The van der Waals surface area contributed by atoms with Gasteiger partial charge in [0.1, 0.15) is 12.4 Å². The molecule has 1 heterocycles. The Labute approximate surface area is 195 Å². The van der Waals surface area contributed by atoms with E-state index in [0.717, 1.165) is 12.8 Å². The minimum atomic E-state index is -3.46. The number of hydrogen-bond acceptors (Lipinski definition) is 6. The second-order valence-electron chi connectivity index (χ2n) is 7.60. The van der Waals surface area contributed by atoms with Gasteiger partial charge in [0.15, 0.2) is 0 Å². The van der Waals surface area contributed by atoms with E-state index in [0.29, 0.717) is 30.1 Å². The minimum Gasteiger partial charge on any atom is -0.492 e. The van der Waals surface area contributed by atoms with Crippen LogP contribution in [-0.4, -0.2) is 66.1 Å². The molecule has 0 spiro atoms. The lowest BCUT2D eigenvalue weighted by Gasteiger charge is -2.18. The highest BCUT2D eigenvalue weighted by molar-refractivity contribution is 7.92. The number of carbonyl (C=O) groups is 1. The van der Waals surface area contributed by atoms with E-state index < -0.39 is 20.0 Å². The maximum absolute atomic E-state index is 12.5. The molecule has 0 bridgehead atoms. The Hall–Kier alpha value is -2.63. The number of benzene rings is 2. The Morgan fingerprint density at radius 3 is 2.18 bits per heavy atom. The molecule has 2 aromatic carbocycles. The van der Waals surface area contributed by atoms with Crippen molar-refractivity contribution in [1.29, 1.82) is 0 Å². The van der Waals surface area contributed by atoms with E-state index in [1.54, 1.807) is 43.3 Å². The van der Waals surface area contributed by atoms with Crippen molar-refractivity contribution >= 4 is 31.6 Å². The number of anilines is 1. The van der Waals surface area contributed by atoms with Crippen LogP contribution in [0, 0.1) is 0 Å². The van der Waals surface area contributed by atoms with Gasteiger partial charge in [0, 0.05) is 25.7 Å². The molecule has 11 heteroatoms. The summed E-state index contributed by atoms with van der Waals surface area (Å²) in [7, 11) is -5.35. The predicted octanol–water partition coefficient (Wildman–Crippen LogP) is 2.07. The fourth-order valence-corrected chi connectivity index (χ4v) is 5.75. The lowest BCUT2D eigenvalue weighted by Crippen LogP contribution is -2.29. The van der Waals surface area contributed by atoms with Gasteiger partial charge in [0.05, 0.1) is 22.9 Å². The number of nitrogens with one attached hydrogen (secondary N) is 1. The molecule has 1 fully saturated rings. The van der Waals surface area contributed by atoms with Crippen LogP contribution in [0.2, 0.25) is 0 Å². The number of sulfonamides is 2. The molecule has 33 heavy (non-hydrogen) atoms. The molecule has 1 aliphatic heterocycles. The molecule has 0 aromatic heterocycles. The zero-order chi connectivity index (χ0) is 24.1. The van der Waals surface area contributed by atoms with E-state index in [2.05, 4.69) is 5.32 Å². The van der Waals surface area contributed by atoms with Crippen LogP contribution in [0.4, 0.5) is 5.69 Å². The zero-order valence-electron chi connectivity index (χ0n) is 18.7. The Bertz CT molecular complexity index is 1160. The molecular formula is C22H29N3O6S2. The number of rotatable bonds is 10. The van der Waals surface area contributed by atoms with Crippen LogP contribution in [0.1, 0.15) is 30.1 Å². The average Bonchev–Trinajstić information content (AvgIpc) is 3.37. The quantitative estimate of drug-likeness (QED) is 0.505. The molecule has 2 aromatic rings. The molecule has 0 radical (unpaired) electrons. The van der Waals surface area contributed by atoms with E-state index in [9.17, 15) is 21.6 Å². The van der Waals surface area contributed by atoms with Gasteiger partial charge in [0.25, 0.3) is 5.91 Å². The standard InChI is InChI=1S/C22H29N3O6S2/c1-3-32(27,28)24(2)19-8-6-18(7-9-19)22(26)23-14-17-31-20-10-12-21(13-11-20)33(29,30)25-15-4-5-16-25/h6-13H,3-5,14-17H2,1-2H3,(H,23,26). The summed E-state index contributed by atoms with van der Waals surface area (Å²) in [5.74, 6) is 0.190. The third-order valence-electron chi connectivity index (χ3n) is 5.46. The smallest absolute Gasteiger partial charge is 0.251 e. The van der Waals surface area contributed by atoms with Gasteiger partial charge in [-0.05, 0) is 68.3 Å². The van der Waals surface area contributed by atoms with Gasteiger partial charge in [-0.1, -0.05) is 0 Å². The third-order valence-corrected chi connectivity index (χ3v) is 9.15. The summed E-state index contributed by atoms with van der Waals surface area (Å²) in [4.78, 5) is 12.5. The molecule has 1 N–H and O–H groups in total. The van der Waals surface area contributed by atoms with Crippen molar-refractivity contribution < 1.29 is 26.4 Å². The lowest BCUT2D eigenvalue weighted by molar-refractivity contribution is 0.0947. The van der Waals surface area contributed by atoms with Gasteiger partial charge < -0.3 is 10.1 Å². The fourth-order valence-electron chi connectivity index (χ4n) is 3.40. The van der Waals surface area contributed by atoms with Crippen molar-refractivity contribution in [3.63, 3.8) is 0 Å². The molecule has 0 atom stereocenters. The molecule has 0 aliphatic carbocycles. The minimum absolute atomic E-state index is 0.0112. The van der Waals surface area contributed by atoms with E-state index in [1.807, 2.05) is 0 Å². The van der Waals surface area contributed by atoms with Gasteiger partial charge in [0.2, 0.25) is 20.0 Å². The molecule has 3 rings (SSSR count). The highest BCUT2D eigenvalue weighted by Crippen LogP contribution is 2.23. The molecule has 1 aliphatic rings. The van der Waals surface area contributed by atoms with E-state index in [-0.39, 0.29) is 29.7 Å². The van der Waals surface area contributed by atoms with Crippen LogP contribution in [0.25, 0.3) is 0 Å². The van der Waals surface area contributed by atoms with Gasteiger partial charge in [-0.15, -0.1) is 0 Å². The first-order valence-electron chi connectivity index (χ1n) is 10.7. The van der Waals surface area contributed by atoms with Crippen LogP contribution in [0.15, 0.2) is 53.4 Å². The predicted molar refractivity (Wildman–Crippen MR) is 127 cm³/mol. The van der Waals surface area contributed by atoms with E-state index >= 15 is 0 Å². The van der Waals surface area contributed by atoms with Crippen LogP contribution in [0.3, 0.4) is 0 Å². The summed E-state index contributed by atoms with van der Waals surface area (Å²) in [5, 5.41) is 2.73. The highest BCUT2D eigenvalue weighted by atomic mass is 32.2. The largest absolute Gasteiger partial charge is 0.492 e. The van der Waals surface area contributed by atoms with Gasteiger partial charge in [-0.25, -0.2) is 16.8 Å². The Morgan fingerprint density at radius 1 is 1.00 bits per heavy atom. The first-order valence-corrected chi connectivity index (χ1v) is 13.8. The molecule has 0 saturated carbocycles. The number of carbonyl (C=O) groups excluding carboxylic acids is 1. The monoisotopic (exact) mass is 495 g/mol. The topological polar surface area (TPSA) is 113 Å². The first kappa shape index (κ1) is 25.0. The summed E-state index contributed by atoms with van der Waals surface area (Å²) < 4.78 is 57.2. The SMILES string of the molecule is CCS(=O)(=O)N(C)c1ccc(C(=O)NCCOc2ccc(S(=O)(=O)N3CCCC3)cc2)cc1. The summed E-state index contributed by atoms with van der Waals surface area (Å²) in [5.41, 5.74) is 0.879. The maximum atomic E-state index is 12.5. The molecular weight excluding hydrogens is 466 g/mol. The van der Waals surface area contributed by atoms with Crippen molar-refractivity contribution in [3.05, 3.63) is 54.1 Å².